The summed E-state index contributed by atoms with van der Waals surface area (Å²) in [5.41, 5.74) is 4.13. The van der Waals surface area contributed by atoms with Crippen LogP contribution in [-0.4, -0.2) is 11.1 Å². The summed E-state index contributed by atoms with van der Waals surface area (Å²) in [6.07, 6.45) is 1.26. The van der Waals surface area contributed by atoms with Gasteiger partial charge in [-0.25, -0.2) is 0 Å². The predicted octanol–water partition coefficient (Wildman–Crippen LogP) is 4.27. The van der Waals surface area contributed by atoms with E-state index in [1.54, 1.807) is 0 Å². The molecular formula is C17H19ClN2. The molecule has 0 saturated carbocycles. The van der Waals surface area contributed by atoms with Gasteiger partial charge in [-0.3, -0.25) is 0 Å². The van der Waals surface area contributed by atoms with Gasteiger partial charge in [0.15, 0.2) is 0 Å². The molecule has 1 aromatic heterocycles. The second kappa shape index (κ2) is 5.12. The Morgan fingerprint density at radius 1 is 1.10 bits per heavy atom. The van der Waals surface area contributed by atoms with E-state index >= 15 is 0 Å². The second-order valence-electron chi connectivity index (χ2n) is 5.33. The molecule has 4 rings (SSSR count). The average molecular weight is 287 g/mol. The topological polar surface area (TPSA) is 17.0 Å². The molecule has 1 atom stereocenters. The van der Waals surface area contributed by atoms with Crippen LogP contribution in [0.4, 0.5) is 0 Å². The van der Waals surface area contributed by atoms with Crippen molar-refractivity contribution in [2.75, 3.05) is 6.54 Å². The third-order valence-corrected chi connectivity index (χ3v) is 4.34. The smallest absolute Gasteiger partial charge is 0.0491 e. The highest BCUT2D eigenvalue weighted by Gasteiger charge is 2.19. The van der Waals surface area contributed by atoms with Crippen molar-refractivity contribution in [2.24, 2.45) is 0 Å². The molecule has 1 fully saturated rings. The van der Waals surface area contributed by atoms with Crippen LogP contribution in [-0.2, 0) is 6.54 Å². The van der Waals surface area contributed by atoms with Gasteiger partial charge in [0.2, 0.25) is 0 Å². The van der Waals surface area contributed by atoms with Crippen LogP contribution in [0.5, 0.6) is 0 Å². The first kappa shape index (κ1) is 13.5. The summed E-state index contributed by atoms with van der Waals surface area (Å²) in [5.74, 6) is 0. The second-order valence-corrected chi connectivity index (χ2v) is 5.33. The molecule has 0 amide bonds. The van der Waals surface area contributed by atoms with Crippen molar-refractivity contribution < 1.29 is 0 Å². The summed E-state index contributed by atoms with van der Waals surface area (Å²) >= 11 is 0. The Bertz CT molecular complexity index is 756. The van der Waals surface area contributed by atoms with E-state index in [4.69, 9.17) is 0 Å². The van der Waals surface area contributed by atoms with Gasteiger partial charge in [-0.15, -0.1) is 12.4 Å². The van der Waals surface area contributed by atoms with Crippen molar-refractivity contribution in [3.05, 3.63) is 48.0 Å². The van der Waals surface area contributed by atoms with Crippen molar-refractivity contribution in [3.63, 3.8) is 0 Å². The molecule has 20 heavy (non-hydrogen) atoms. The summed E-state index contributed by atoms with van der Waals surface area (Å²) in [7, 11) is 0. The fraction of sp³-hybridized carbons (Fsp3) is 0.294. The number of nitrogens with zero attached hydrogens (tertiary/aromatic N) is 1. The van der Waals surface area contributed by atoms with E-state index in [1.807, 2.05) is 0 Å². The summed E-state index contributed by atoms with van der Waals surface area (Å²) in [6, 6.07) is 16.2. The molecule has 3 heteroatoms. The standard InChI is InChI=1S/C17H18N2.ClH/c1-2-19-16-6-4-3-5-13(16)14-11-12(7-8-17(14)19)15-9-10-18-15;/h3-8,11,15,18H,2,9-10H2,1H3;1H/t15-;/m0./s1. The molecule has 3 aromatic rings. The zero-order valence-corrected chi connectivity index (χ0v) is 12.4. The van der Waals surface area contributed by atoms with Gasteiger partial charge in [0.1, 0.15) is 0 Å². The molecule has 1 saturated heterocycles. The van der Waals surface area contributed by atoms with Crippen LogP contribution in [0, 0.1) is 0 Å². The van der Waals surface area contributed by atoms with E-state index < -0.39 is 0 Å². The number of hydrogen-bond donors (Lipinski definition) is 1. The number of fused-ring (bicyclic) bond motifs is 3. The summed E-state index contributed by atoms with van der Waals surface area (Å²) < 4.78 is 2.41. The summed E-state index contributed by atoms with van der Waals surface area (Å²) in [5, 5.41) is 6.26. The van der Waals surface area contributed by atoms with Crippen LogP contribution >= 0.6 is 12.4 Å². The average Bonchev–Trinajstić information content (AvgIpc) is 2.70. The highest BCUT2D eigenvalue weighted by molar-refractivity contribution is 6.08. The number of halogens is 1. The van der Waals surface area contributed by atoms with Gasteiger partial charge in [-0.2, -0.15) is 0 Å². The van der Waals surface area contributed by atoms with Gasteiger partial charge in [0, 0.05) is 34.4 Å². The molecule has 0 spiro atoms. The fourth-order valence-corrected chi connectivity index (χ4v) is 3.20. The number of hydrogen-bond acceptors (Lipinski definition) is 1. The number of nitrogens with one attached hydrogen (secondary N) is 1. The first-order chi connectivity index (χ1) is 9.38. The van der Waals surface area contributed by atoms with Crippen LogP contribution in [0.2, 0.25) is 0 Å². The Balaban J connectivity index is 0.00000121. The zero-order chi connectivity index (χ0) is 12.8. The van der Waals surface area contributed by atoms with Crippen LogP contribution < -0.4 is 5.32 Å². The molecule has 0 radical (unpaired) electrons. The first-order valence-corrected chi connectivity index (χ1v) is 7.13. The lowest BCUT2D eigenvalue weighted by molar-refractivity contribution is 0.383. The number of para-hydroxylation sites is 1. The lowest BCUT2D eigenvalue weighted by atomic mass is 9.96. The van der Waals surface area contributed by atoms with Crippen LogP contribution in [0.1, 0.15) is 24.9 Å². The summed E-state index contributed by atoms with van der Waals surface area (Å²) in [4.78, 5) is 0. The Morgan fingerprint density at radius 3 is 2.55 bits per heavy atom. The molecule has 1 N–H and O–H groups in total. The van der Waals surface area contributed by atoms with Crippen molar-refractivity contribution in [3.8, 4) is 0 Å². The molecule has 2 heterocycles. The normalized spacial score (nSPS) is 17.9. The number of benzene rings is 2. The molecule has 2 nitrogen and oxygen atoms in total. The van der Waals surface area contributed by atoms with Crippen molar-refractivity contribution in [1.82, 2.24) is 9.88 Å². The van der Waals surface area contributed by atoms with E-state index in [-0.39, 0.29) is 12.4 Å². The third-order valence-electron chi connectivity index (χ3n) is 4.34. The van der Waals surface area contributed by atoms with Crippen LogP contribution in [0.25, 0.3) is 21.8 Å². The van der Waals surface area contributed by atoms with E-state index in [0.717, 1.165) is 13.1 Å². The quantitative estimate of drug-likeness (QED) is 0.744. The molecule has 0 unspecified atom stereocenters. The minimum Gasteiger partial charge on any atom is -0.341 e. The van der Waals surface area contributed by atoms with E-state index in [9.17, 15) is 0 Å². The van der Waals surface area contributed by atoms with Gasteiger partial charge in [0.25, 0.3) is 0 Å². The van der Waals surface area contributed by atoms with Gasteiger partial charge in [-0.05, 0) is 43.7 Å². The lowest BCUT2D eigenvalue weighted by Gasteiger charge is -2.28. The largest absolute Gasteiger partial charge is 0.341 e. The summed E-state index contributed by atoms with van der Waals surface area (Å²) in [6.45, 7) is 4.39. The monoisotopic (exact) mass is 286 g/mol. The Hall–Kier alpha value is -1.51. The Kier molecular flexibility index (Phi) is 3.45. The molecule has 1 aliphatic heterocycles. The number of aromatic nitrogens is 1. The Morgan fingerprint density at radius 2 is 1.85 bits per heavy atom. The van der Waals surface area contributed by atoms with Crippen LogP contribution in [0.15, 0.2) is 42.5 Å². The van der Waals surface area contributed by atoms with Gasteiger partial charge < -0.3 is 9.88 Å². The van der Waals surface area contributed by atoms with Gasteiger partial charge >= 0.3 is 0 Å². The van der Waals surface area contributed by atoms with E-state index in [1.165, 1.54) is 33.8 Å². The van der Waals surface area contributed by atoms with Crippen molar-refractivity contribution >= 4 is 34.2 Å². The number of rotatable bonds is 2. The van der Waals surface area contributed by atoms with Gasteiger partial charge in [0.05, 0.1) is 0 Å². The maximum Gasteiger partial charge on any atom is 0.0491 e. The molecule has 2 aromatic carbocycles. The lowest BCUT2D eigenvalue weighted by Crippen LogP contribution is -2.34. The minimum absolute atomic E-state index is 0. The number of aryl methyl sites for hydroxylation is 1. The SMILES string of the molecule is CCn1c2ccccc2c2cc([C@@H]3CCN3)ccc21.Cl. The van der Waals surface area contributed by atoms with Crippen molar-refractivity contribution in [2.45, 2.75) is 25.9 Å². The Labute approximate surface area is 125 Å². The van der Waals surface area contributed by atoms with Crippen LogP contribution in [0.3, 0.4) is 0 Å². The molecule has 0 bridgehead atoms. The molecular weight excluding hydrogens is 268 g/mol. The van der Waals surface area contributed by atoms with E-state index in [0.29, 0.717) is 6.04 Å². The first-order valence-electron chi connectivity index (χ1n) is 7.13. The maximum atomic E-state index is 3.49. The molecule has 104 valence electrons. The van der Waals surface area contributed by atoms with Crippen molar-refractivity contribution in [1.29, 1.82) is 0 Å². The highest BCUT2D eigenvalue weighted by Crippen LogP contribution is 2.32. The molecule has 0 aliphatic carbocycles. The zero-order valence-electron chi connectivity index (χ0n) is 11.6. The maximum absolute atomic E-state index is 3.49. The predicted molar refractivity (Wildman–Crippen MR) is 87.7 cm³/mol. The van der Waals surface area contributed by atoms with Gasteiger partial charge in [-0.1, -0.05) is 24.3 Å². The fourth-order valence-electron chi connectivity index (χ4n) is 3.20. The molecule has 1 aliphatic rings. The van der Waals surface area contributed by atoms with E-state index in [2.05, 4.69) is 59.3 Å². The minimum atomic E-state index is 0. The highest BCUT2D eigenvalue weighted by atomic mass is 35.5. The third kappa shape index (κ3) is 1.83.